The summed E-state index contributed by atoms with van der Waals surface area (Å²) in [5.74, 6) is -0.647. The highest BCUT2D eigenvalue weighted by Gasteiger charge is 2.19. The first kappa shape index (κ1) is 21.4. The zero-order valence-corrected chi connectivity index (χ0v) is 17.4. The van der Waals surface area contributed by atoms with Gasteiger partial charge >= 0.3 is 5.69 Å². The molecule has 154 valence electrons. The van der Waals surface area contributed by atoms with Crippen molar-refractivity contribution in [1.82, 2.24) is 9.55 Å². The van der Waals surface area contributed by atoms with Crippen LogP contribution in [0.1, 0.15) is 11.1 Å². The van der Waals surface area contributed by atoms with Gasteiger partial charge in [-0.3, -0.25) is 19.1 Å². The number of carbonyl (C=O) groups excluding carboxylic acids is 1. The number of hydrogen-bond acceptors (Lipinski definition) is 4. The number of nitrogens with two attached hydrogens (primary N) is 1. The van der Waals surface area contributed by atoms with Crippen LogP contribution >= 0.6 is 23.2 Å². The molecule has 1 heterocycles. The van der Waals surface area contributed by atoms with Crippen LogP contribution in [0, 0.1) is 0 Å². The van der Waals surface area contributed by atoms with E-state index in [0.717, 1.165) is 10.5 Å². The minimum atomic E-state index is -0.758. The lowest BCUT2D eigenvalue weighted by molar-refractivity contribution is -0.113. The topological polar surface area (TPSA) is 101 Å². The summed E-state index contributed by atoms with van der Waals surface area (Å²) in [7, 11) is 1.39. The summed E-state index contributed by atoms with van der Waals surface area (Å²) < 4.78 is 1.20. The predicted octanol–water partition coefficient (Wildman–Crippen LogP) is 3.15. The molecule has 0 aliphatic heterocycles. The van der Waals surface area contributed by atoms with E-state index >= 15 is 0 Å². The van der Waals surface area contributed by atoms with Crippen molar-refractivity contribution >= 4 is 46.7 Å². The zero-order chi connectivity index (χ0) is 21.8. The molecule has 3 N–H and O–H groups in total. The van der Waals surface area contributed by atoms with Crippen LogP contribution in [-0.2, 0) is 11.3 Å². The van der Waals surface area contributed by atoms with E-state index < -0.39 is 17.2 Å². The van der Waals surface area contributed by atoms with Gasteiger partial charge in [0, 0.05) is 23.2 Å². The van der Waals surface area contributed by atoms with Gasteiger partial charge in [0.05, 0.1) is 6.54 Å². The van der Waals surface area contributed by atoms with E-state index in [1.165, 1.54) is 23.8 Å². The molecule has 0 spiro atoms. The number of amides is 1. The number of aromatic amines is 1. The van der Waals surface area contributed by atoms with Gasteiger partial charge in [-0.1, -0.05) is 53.5 Å². The van der Waals surface area contributed by atoms with Crippen LogP contribution in [0.15, 0.2) is 64.2 Å². The molecule has 3 aromatic rings. The number of nitrogen functional groups attached to an aromatic ring is 1. The maximum Gasteiger partial charge on any atom is 0.330 e. The number of halogens is 2. The summed E-state index contributed by atoms with van der Waals surface area (Å²) in [5.41, 5.74) is 5.92. The molecule has 0 unspecified atom stereocenters. The van der Waals surface area contributed by atoms with Crippen LogP contribution in [0.2, 0.25) is 10.0 Å². The Kier molecular flexibility index (Phi) is 6.44. The first-order valence-electron chi connectivity index (χ1n) is 8.85. The Balaban J connectivity index is 1.94. The van der Waals surface area contributed by atoms with Crippen molar-refractivity contribution in [3.63, 3.8) is 0 Å². The van der Waals surface area contributed by atoms with Crippen molar-refractivity contribution in [3.8, 4) is 0 Å². The van der Waals surface area contributed by atoms with Gasteiger partial charge in [0.2, 0.25) is 0 Å². The third kappa shape index (κ3) is 4.64. The van der Waals surface area contributed by atoms with Crippen LogP contribution in [0.5, 0.6) is 0 Å². The minimum Gasteiger partial charge on any atom is -0.383 e. The average Bonchev–Trinajstić information content (AvgIpc) is 2.72. The van der Waals surface area contributed by atoms with Gasteiger partial charge in [-0.25, -0.2) is 4.79 Å². The zero-order valence-electron chi connectivity index (χ0n) is 15.9. The van der Waals surface area contributed by atoms with Crippen molar-refractivity contribution in [2.24, 2.45) is 0 Å². The SMILES string of the molecule is CN(C(=O)C=Cc1cc(Cl)ccc1Cl)c1c(N)n(Cc2ccccc2)c(=O)[nH]c1=O. The Morgan fingerprint density at radius 3 is 2.57 bits per heavy atom. The Bertz CT molecular complexity index is 1230. The fourth-order valence-electron chi connectivity index (χ4n) is 2.85. The molecule has 9 heteroatoms. The lowest BCUT2D eigenvalue weighted by atomic mass is 10.2. The number of anilines is 2. The summed E-state index contributed by atoms with van der Waals surface area (Å²) in [6.07, 6.45) is 2.72. The molecule has 0 fully saturated rings. The molecule has 0 bridgehead atoms. The van der Waals surface area contributed by atoms with Crippen molar-refractivity contribution < 1.29 is 4.79 Å². The molecular formula is C21H18Cl2N4O3. The number of nitrogens with zero attached hydrogens (tertiary/aromatic N) is 2. The highest BCUT2D eigenvalue weighted by Crippen LogP contribution is 2.22. The van der Waals surface area contributed by atoms with Crippen molar-refractivity contribution in [2.75, 3.05) is 17.7 Å². The van der Waals surface area contributed by atoms with E-state index in [4.69, 9.17) is 28.9 Å². The van der Waals surface area contributed by atoms with E-state index in [0.29, 0.717) is 15.6 Å². The summed E-state index contributed by atoms with van der Waals surface area (Å²) >= 11 is 12.0. The number of benzene rings is 2. The minimum absolute atomic E-state index is 0.113. The Morgan fingerprint density at radius 1 is 1.17 bits per heavy atom. The molecule has 0 saturated heterocycles. The van der Waals surface area contributed by atoms with E-state index in [1.807, 2.05) is 30.3 Å². The quantitative estimate of drug-likeness (QED) is 0.590. The van der Waals surface area contributed by atoms with Crippen LogP contribution in [0.3, 0.4) is 0 Å². The number of carbonyl (C=O) groups is 1. The standard InChI is InChI=1S/C21H18Cl2N4O3/c1-26(17(28)10-7-14-11-15(22)8-9-16(14)23)18-19(24)27(21(30)25-20(18)29)12-13-5-3-2-4-6-13/h2-11H,12,24H2,1H3,(H,25,29,30). The van der Waals surface area contributed by atoms with E-state index in [1.54, 1.807) is 18.2 Å². The molecule has 2 aromatic carbocycles. The van der Waals surface area contributed by atoms with Crippen LogP contribution in [0.25, 0.3) is 6.08 Å². The molecule has 30 heavy (non-hydrogen) atoms. The van der Waals surface area contributed by atoms with Gasteiger partial charge in [0.1, 0.15) is 5.82 Å². The fraction of sp³-hybridized carbons (Fsp3) is 0.0952. The van der Waals surface area contributed by atoms with Crippen LogP contribution in [0.4, 0.5) is 11.5 Å². The second-order valence-corrected chi connectivity index (χ2v) is 7.30. The second-order valence-electron chi connectivity index (χ2n) is 6.46. The van der Waals surface area contributed by atoms with Gasteiger partial charge in [0.15, 0.2) is 5.69 Å². The van der Waals surface area contributed by atoms with Crippen molar-refractivity contribution in [1.29, 1.82) is 0 Å². The van der Waals surface area contributed by atoms with Gasteiger partial charge in [0.25, 0.3) is 11.5 Å². The highest BCUT2D eigenvalue weighted by molar-refractivity contribution is 6.34. The number of aromatic nitrogens is 2. The highest BCUT2D eigenvalue weighted by atomic mass is 35.5. The molecule has 0 atom stereocenters. The number of hydrogen-bond donors (Lipinski definition) is 2. The van der Waals surface area contributed by atoms with Gasteiger partial charge in [-0.2, -0.15) is 0 Å². The molecule has 3 rings (SSSR count). The summed E-state index contributed by atoms with van der Waals surface area (Å²) in [4.78, 5) is 40.6. The molecular weight excluding hydrogens is 427 g/mol. The molecule has 0 aliphatic rings. The Hall–Kier alpha value is -3.29. The molecule has 7 nitrogen and oxygen atoms in total. The normalized spacial score (nSPS) is 11.0. The fourth-order valence-corrected chi connectivity index (χ4v) is 3.21. The maximum atomic E-state index is 12.6. The van der Waals surface area contributed by atoms with Crippen LogP contribution in [-0.4, -0.2) is 22.5 Å². The Morgan fingerprint density at radius 2 is 1.87 bits per heavy atom. The molecule has 0 radical (unpaired) electrons. The van der Waals surface area contributed by atoms with E-state index in [2.05, 4.69) is 4.98 Å². The molecule has 0 saturated carbocycles. The number of rotatable bonds is 5. The lowest BCUT2D eigenvalue weighted by Gasteiger charge is -2.19. The molecule has 0 aliphatic carbocycles. The third-order valence-corrected chi connectivity index (χ3v) is 5.01. The lowest BCUT2D eigenvalue weighted by Crippen LogP contribution is -2.39. The predicted molar refractivity (Wildman–Crippen MR) is 120 cm³/mol. The summed E-state index contributed by atoms with van der Waals surface area (Å²) in [6, 6.07) is 14.0. The second kappa shape index (κ2) is 9.02. The summed E-state index contributed by atoms with van der Waals surface area (Å²) in [5, 5.41) is 0.883. The Labute approximate surface area is 182 Å². The largest absolute Gasteiger partial charge is 0.383 e. The first-order valence-corrected chi connectivity index (χ1v) is 9.61. The smallest absolute Gasteiger partial charge is 0.330 e. The molecule has 1 aromatic heterocycles. The van der Waals surface area contributed by atoms with Crippen molar-refractivity contribution in [2.45, 2.75) is 6.54 Å². The molecule has 1 amide bonds. The van der Waals surface area contributed by atoms with Gasteiger partial charge < -0.3 is 10.6 Å². The van der Waals surface area contributed by atoms with Crippen molar-refractivity contribution in [3.05, 3.63) is 96.6 Å². The number of H-pyrrole nitrogens is 1. The van der Waals surface area contributed by atoms with Crippen LogP contribution < -0.4 is 21.9 Å². The number of likely N-dealkylation sites (N-methyl/N-ethyl adjacent to an activating group) is 1. The maximum absolute atomic E-state index is 12.6. The first-order chi connectivity index (χ1) is 14.3. The monoisotopic (exact) mass is 444 g/mol. The van der Waals surface area contributed by atoms with Gasteiger partial charge in [-0.15, -0.1) is 0 Å². The van der Waals surface area contributed by atoms with E-state index in [-0.39, 0.29) is 18.1 Å². The third-order valence-electron chi connectivity index (χ3n) is 4.43. The summed E-state index contributed by atoms with van der Waals surface area (Å²) in [6.45, 7) is 0.144. The van der Waals surface area contributed by atoms with Gasteiger partial charge in [-0.05, 0) is 35.4 Å². The number of nitrogens with one attached hydrogen (secondary N) is 1. The average molecular weight is 445 g/mol. The van der Waals surface area contributed by atoms with E-state index in [9.17, 15) is 14.4 Å².